The first kappa shape index (κ1) is 44.8. The van der Waals surface area contributed by atoms with Crippen LogP contribution in [0.1, 0.15) is 103 Å². The number of halogens is 4. The van der Waals surface area contributed by atoms with Crippen molar-refractivity contribution in [3.8, 4) is 11.5 Å². The zero-order valence-corrected chi connectivity index (χ0v) is 41.8. The minimum Gasteiger partial charge on any atom is -0.497 e. The lowest BCUT2D eigenvalue weighted by atomic mass is 9.82. The molecule has 0 bridgehead atoms. The maximum absolute atomic E-state index is 14.7. The van der Waals surface area contributed by atoms with Crippen molar-refractivity contribution >= 4 is 92.2 Å². The minimum atomic E-state index is -1.44. The molecule has 10 heteroatoms. The molecule has 1 heterocycles. The summed E-state index contributed by atoms with van der Waals surface area (Å²) < 4.78 is 21.0. The molecule has 2 fully saturated rings. The van der Waals surface area contributed by atoms with Crippen LogP contribution in [-0.2, 0) is 10.3 Å². The van der Waals surface area contributed by atoms with Gasteiger partial charge in [0.15, 0.2) is 5.60 Å². The number of esters is 1. The van der Waals surface area contributed by atoms with Crippen LogP contribution in [0.2, 0.25) is 0 Å². The van der Waals surface area contributed by atoms with Crippen LogP contribution in [0.5, 0.6) is 11.5 Å². The molecule has 2 saturated carbocycles. The monoisotopic (exact) mass is 1080 g/mol. The first-order valence-electron chi connectivity index (χ1n) is 21.5. The van der Waals surface area contributed by atoms with Crippen molar-refractivity contribution in [3.63, 3.8) is 0 Å². The molecule has 62 heavy (non-hydrogen) atoms. The van der Waals surface area contributed by atoms with Crippen LogP contribution >= 0.6 is 63.7 Å². The number of ether oxygens (including phenoxy) is 3. The van der Waals surface area contributed by atoms with Gasteiger partial charge >= 0.3 is 5.97 Å². The Hall–Kier alpha value is -3.83. The van der Waals surface area contributed by atoms with E-state index in [2.05, 4.69) is 173 Å². The van der Waals surface area contributed by atoms with Gasteiger partial charge in [0, 0.05) is 58.0 Å². The normalized spacial score (nSPS) is 22.7. The molecule has 0 amide bonds. The average molecular weight is 1090 g/mol. The molecule has 322 valence electrons. The van der Waals surface area contributed by atoms with Crippen molar-refractivity contribution in [2.75, 3.05) is 24.9 Å². The predicted octanol–water partition coefficient (Wildman–Crippen LogP) is 15.4. The molecular weight excluding hydrogens is 1040 g/mol. The van der Waals surface area contributed by atoms with E-state index in [1.54, 1.807) is 14.2 Å². The molecule has 0 atom stereocenters. The maximum atomic E-state index is 14.7. The number of hydrogen-bond donors (Lipinski definition) is 2. The second-order valence-corrected chi connectivity index (χ2v) is 20.2. The fourth-order valence-corrected chi connectivity index (χ4v) is 11.8. The van der Waals surface area contributed by atoms with Gasteiger partial charge in [-0.05, 0) is 198 Å². The molecule has 3 aliphatic rings. The maximum Gasteiger partial charge on any atom is 0.341 e. The van der Waals surface area contributed by atoms with E-state index in [0.29, 0.717) is 36.6 Å². The Balaban J connectivity index is 1.43. The molecule has 0 saturated heterocycles. The van der Waals surface area contributed by atoms with Gasteiger partial charge in [-0.25, -0.2) is 4.79 Å². The van der Waals surface area contributed by atoms with Gasteiger partial charge in [-0.2, -0.15) is 0 Å². The molecule has 2 N–H and O–H groups in total. The molecule has 2 aliphatic carbocycles. The van der Waals surface area contributed by atoms with E-state index in [1.165, 1.54) is 25.7 Å². The number of anilines is 2. The first-order chi connectivity index (χ1) is 30.0. The van der Waals surface area contributed by atoms with Crippen LogP contribution in [-0.4, -0.2) is 32.3 Å². The van der Waals surface area contributed by atoms with Crippen LogP contribution in [0.15, 0.2) is 127 Å². The highest BCUT2D eigenvalue weighted by atomic mass is 79.9. The molecule has 6 nitrogen and oxygen atoms in total. The van der Waals surface area contributed by atoms with Crippen LogP contribution in [0.25, 0.3) is 11.1 Å². The van der Waals surface area contributed by atoms with Crippen LogP contribution in [0.3, 0.4) is 0 Å². The van der Waals surface area contributed by atoms with E-state index in [-0.39, 0.29) is 0 Å². The largest absolute Gasteiger partial charge is 0.497 e. The molecule has 5 aromatic rings. The number of rotatable bonds is 12. The molecule has 1 aliphatic heterocycles. The van der Waals surface area contributed by atoms with Crippen LogP contribution in [0.4, 0.5) is 11.4 Å². The SMILES string of the molecule is COc1ccc(/C(=C\C2(/C=C(\c3ccc(OC)cc3)c3ccccc3NC3CCC(C)CC3)OC(=O)c3c(Br)c(Br)c(Br)c(Br)c32)c2ccccc2NC2CCC(C)CC2)cc1. The Morgan fingerprint density at radius 3 is 1.40 bits per heavy atom. The summed E-state index contributed by atoms with van der Waals surface area (Å²) in [6.07, 6.45) is 13.5. The fraction of sp³-hybridized carbons (Fsp3) is 0.327. The first-order valence-corrected chi connectivity index (χ1v) is 24.7. The number of para-hydroxylation sites is 2. The highest BCUT2D eigenvalue weighted by Gasteiger charge is 2.48. The molecule has 0 radical (unpaired) electrons. The summed E-state index contributed by atoms with van der Waals surface area (Å²) in [5.41, 5.74) is 7.42. The highest BCUT2D eigenvalue weighted by Crippen LogP contribution is 2.54. The van der Waals surface area contributed by atoms with Gasteiger partial charge in [0.25, 0.3) is 0 Å². The van der Waals surface area contributed by atoms with E-state index < -0.39 is 11.6 Å². The third-order valence-corrected chi connectivity index (χ3v) is 17.6. The molecule has 0 unspecified atom stereocenters. The number of hydrogen-bond acceptors (Lipinski definition) is 6. The van der Waals surface area contributed by atoms with Crippen molar-refractivity contribution in [2.24, 2.45) is 11.8 Å². The number of cyclic esters (lactones) is 1. The molecule has 0 spiro atoms. The third-order valence-electron chi connectivity index (χ3n) is 12.8. The summed E-state index contributed by atoms with van der Waals surface area (Å²) in [6.45, 7) is 4.70. The Morgan fingerprint density at radius 1 is 0.581 bits per heavy atom. The van der Waals surface area contributed by atoms with Crippen LogP contribution in [0, 0.1) is 11.8 Å². The number of carbonyl (C=O) groups is 1. The van der Waals surface area contributed by atoms with E-state index >= 15 is 0 Å². The van der Waals surface area contributed by atoms with E-state index in [4.69, 9.17) is 14.2 Å². The topological polar surface area (TPSA) is 68.8 Å². The van der Waals surface area contributed by atoms with Gasteiger partial charge in [0.1, 0.15) is 11.5 Å². The van der Waals surface area contributed by atoms with Crippen molar-refractivity contribution in [1.82, 2.24) is 0 Å². The van der Waals surface area contributed by atoms with Crippen molar-refractivity contribution in [2.45, 2.75) is 82.9 Å². The Labute approximate surface area is 399 Å². The van der Waals surface area contributed by atoms with Gasteiger partial charge in [0.2, 0.25) is 0 Å². The second-order valence-electron chi connectivity index (χ2n) is 17.1. The van der Waals surface area contributed by atoms with Gasteiger partial charge < -0.3 is 24.8 Å². The quantitative estimate of drug-likeness (QED) is 0.0737. The lowest BCUT2D eigenvalue weighted by Gasteiger charge is -2.31. The highest BCUT2D eigenvalue weighted by molar-refractivity contribution is 9.15. The second kappa shape index (κ2) is 19.5. The van der Waals surface area contributed by atoms with Crippen molar-refractivity contribution in [3.05, 3.63) is 160 Å². The van der Waals surface area contributed by atoms with E-state index in [9.17, 15) is 4.79 Å². The third kappa shape index (κ3) is 9.36. The summed E-state index contributed by atoms with van der Waals surface area (Å²) >= 11 is 15.4. The number of benzene rings is 5. The number of fused-ring (bicyclic) bond motifs is 1. The number of methoxy groups -OCH3 is 2. The molecule has 5 aromatic carbocycles. The fourth-order valence-electron chi connectivity index (χ4n) is 9.23. The van der Waals surface area contributed by atoms with E-state index in [1.807, 2.05) is 24.3 Å². The average Bonchev–Trinajstić information content (AvgIpc) is 3.59. The number of carbonyl (C=O) groups excluding carboxylic acids is 1. The standard InChI is InChI=1S/C52H52Br4N2O4/c1-31-13-21-35(22-14-31)57-43-11-7-5-9-39(43)41(33-17-25-37(60-3)26-18-33)29-52(46-45(51(59)62-52)47(53)49(55)50(56)48(46)54)30-42(34-19-27-38(61-4)28-20-34)40-10-6-8-12-44(40)58-36-23-15-32(2)16-24-36/h5-12,17-20,25-32,35-36,57-58H,13-16,21-24H2,1-4H3/b41-29+,42-30+. The van der Waals surface area contributed by atoms with Gasteiger partial charge in [-0.3, -0.25) is 0 Å². The van der Waals surface area contributed by atoms with Crippen LogP contribution < -0.4 is 20.1 Å². The number of nitrogens with one attached hydrogen (secondary N) is 2. The smallest absolute Gasteiger partial charge is 0.341 e. The zero-order valence-electron chi connectivity index (χ0n) is 35.5. The predicted molar refractivity (Wildman–Crippen MR) is 267 cm³/mol. The Morgan fingerprint density at radius 2 is 0.984 bits per heavy atom. The van der Waals surface area contributed by atoms with Gasteiger partial charge in [-0.1, -0.05) is 74.5 Å². The molecule has 8 rings (SSSR count). The lowest BCUT2D eigenvalue weighted by molar-refractivity contribution is 0.0298. The molecule has 0 aromatic heterocycles. The lowest BCUT2D eigenvalue weighted by Crippen LogP contribution is -2.26. The van der Waals surface area contributed by atoms with Gasteiger partial charge in [-0.15, -0.1) is 0 Å². The minimum absolute atomic E-state index is 0.347. The summed E-state index contributed by atoms with van der Waals surface area (Å²) in [4.78, 5) is 14.7. The Bertz CT molecular complexity index is 2360. The Kier molecular flexibility index (Phi) is 14.1. The molecular formula is C52H52Br4N2O4. The summed E-state index contributed by atoms with van der Waals surface area (Å²) in [5, 5.41) is 7.92. The zero-order chi connectivity index (χ0) is 43.5. The summed E-state index contributed by atoms with van der Waals surface area (Å²) in [6, 6.07) is 33.9. The van der Waals surface area contributed by atoms with Crippen molar-refractivity contribution in [1.29, 1.82) is 0 Å². The summed E-state index contributed by atoms with van der Waals surface area (Å²) in [5.74, 6) is 2.52. The van der Waals surface area contributed by atoms with E-state index in [0.717, 1.165) is 98.3 Å². The summed E-state index contributed by atoms with van der Waals surface area (Å²) in [7, 11) is 3.36. The van der Waals surface area contributed by atoms with Gasteiger partial charge in [0.05, 0.1) is 19.8 Å². The van der Waals surface area contributed by atoms with Crippen molar-refractivity contribution < 1.29 is 19.0 Å².